The average Bonchev–Trinajstić information content (AvgIpc) is 2.29. The Labute approximate surface area is 95.9 Å². The van der Waals surface area contributed by atoms with Gasteiger partial charge in [-0.15, -0.1) is 0 Å². The summed E-state index contributed by atoms with van der Waals surface area (Å²) in [6.07, 6.45) is -0.573. The van der Waals surface area contributed by atoms with Crippen LogP contribution in [0.15, 0.2) is 30.3 Å². The molecule has 1 amide bonds. The van der Waals surface area contributed by atoms with Gasteiger partial charge in [-0.2, -0.15) is 0 Å². The van der Waals surface area contributed by atoms with Crippen molar-refractivity contribution in [3.05, 3.63) is 35.9 Å². The van der Waals surface area contributed by atoms with Gasteiger partial charge in [0.15, 0.2) is 0 Å². The van der Waals surface area contributed by atoms with Crippen LogP contribution < -0.4 is 5.32 Å². The lowest BCUT2D eigenvalue weighted by molar-refractivity contribution is -0.127. The van der Waals surface area contributed by atoms with Gasteiger partial charge in [0.2, 0.25) is 5.91 Å². The Morgan fingerprint density at radius 2 is 2.00 bits per heavy atom. The van der Waals surface area contributed by atoms with Crippen molar-refractivity contribution in [2.75, 3.05) is 27.2 Å². The summed E-state index contributed by atoms with van der Waals surface area (Å²) in [6, 6.07) is 9.38. The minimum atomic E-state index is -0.573. The van der Waals surface area contributed by atoms with Crippen molar-refractivity contribution in [3.8, 4) is 0 Å². The van der Waals surface area contributed by atoms with E-state index in [9.17, 15) is 9.90 Å². The van der Waals surface area contributed by atoms with E-state index in [1.54, 1.807) is 14.1 Å². The van der Waals surface area contributed by atoms with Gasteiger partial charge in [-0.3, -0.25) is 4.79 Å². The highest BCUT2D eigenvalue weighted by molar-refractivity contribution is 5.77. The lowest BCUT2D eigenvalue weighted by Crippen LogP contribution is -2.34. The number of aliphatic hydroxyl groups excluding tert-OH is 1. The molecule has 0 aromatic heterocycles. The number of rotatable bonds is 5. The number of amides is 1. The minimum Gasteiger partial charge on any atom is -0.387 e. The molecule has 1 aromatic carbocycles. The molecule has 0 saturated heterocycles. The smallest absolute Gasteiger partial charge is 0.236 e. The summed E-state index contributed by atoms with van der Waals surface area (Å²) in [6.45, 7) is 0.625. The Morgan fingerprint density at radius 1 is 1.38 bits per heavy atom. The molecule has 1 atom stereocenters. The summed E-state index contributed by atoms with van der Waals surface area (Å²) in [4.78, 5) is 12.8. The molecule has 0 radical (unpaired) electrons. The molecule has 2 N–H and O–H groups in total. The quantitative estimate of drug-likeness (QED) is 0.758. The molecule has 88 valence electrons. The number of hydrogen-bond acceptors (Lipinski definition) is 3. The second-order valence-corrected chi connectivity index (χ2v) is 3.85. The maximum atomic E-state index is 11.2. The van der Waals surface area contributed by atoms with Gasteiger partial charge in [0, 0.05) is 20.6 Å². The fraction of sp³-hybridized carbons (Fsp3) is 0.417. The summed E-state index contributed by atoms with van der Waals surface area (Å²) in [5.41, 5.74) is 0.854. The van der Waals surface area contributed by atoms with Crippen LogP contribution in [0.5, 0.6) is 0 Å². The lowest BCUT2D eigenvalue weighted by atomic mass is 10.1. The van der Waals surface area contributed by atoms with E-state index in [2.05, 4.69) is 5.32 Å². The second-order valence-electron chi connectivity index (χ2n) is 3.85. The van der Waals surface area contributed by atoms with Crippen LogP contribution in [0.3, 0.4) is 0 Å². The molecule has 0 fully saturated rings. The number of carbonyl (C=O) groups is 1. The Kier molecular flexibility index (Phi) is 4.95. The van der Waals surface area contributed by atoms with Crippen LogP contribution >= 0.6 is 0 Å². The number of benzene rings is 1. The third-order valence-electron chi connectivity index (χ3n) is 2.30. The first-order valence-electron chi connectivity index (χ1n) is 5.25. The number of carbonyl (C=O) groups excluding carboxylic acids is 1. The Hall–Kier alpha value is -1.39. The fourth-order valence-corrected chi connectivity index (χ4v) is 1.27. The predicted octanol–water partition coefficient (Wildman–Crippen LogP) is 0.398. The minimum absolute atomic E-state index is 0.000242. The van der Waals surface area contributed by atoms with E-state index < -0.39 is 6.10 Å². The molecule has 0 saturated carbocycles. The number of nitrogens with one attached hydrogen (secondary N) is 1. The van der Waals surface area contributed by atoms with Crippen LogP contribution in [0.4, 0.5) is 0 Å². The van der Waals surface area contributed by atoms with E-state index in [-0.39, 0.29) is 12.5 Å². The number of hydrogen-bond donors (Lipinski definition) is 2. The van der Waals surface area contributed by atoms with Crippen molar-refractivity contribution in [2.24, 2.45) is 0 Å². The van der Waals surface area contributed by atoms with Crippen LogP contribution in [0.25, 0.3) is 0 Å². The van der Waals surface area contributed by atoms with Gasteiger partial charge in [-0.05, 0) is 5.56 Å². The van der Waals surface area contributed by atoms with Gasteiger partial charge >= 0.3 is 0 Å². The zero-order valence-electron chi connectivity index (χ0n) is 9.68. The van der Waals surface area contributed by atoms with Crippen molar-refractivity contribution in [1.29, 1.82) is 0 Å². The van der Waals surface area contributed by atoms with Gasteiger partial charge in [-0.25, -0.2) is 0 Å². The summed E-state index contributed by atoms with van der Waals surface area (Å²) < 4.78 is 0. The Morgan fingerprint density at radius 3 is 2.56 bits per heavy atom. The van der Waals surface area contributed by atoms with Gasteiger partial charge in [0.05, 0.1) is 12.6 Å². The van der Waals surface area contributed by atoms with Crippen molar-refractivity contribution >= 4 is 5.91 Å². The molecule has 1 rings (SSSR count). The highest BCUT2D eigenvalue weighted by Gasteiger charge is 2.08. The zero-order chi connectivity index (χ0) is 12.0. The maximum absolute atomic E-state index is 11.2. The van der Waals surface area contributed by atoms with Gasteiger partial charge in [0.1, 0.15) is 0 Å². The summed E-state index contributed by atoms with van der Waals surface area (Å²) in [5, 5.41) is 12.7. The number of likely N-dealkylation sites (N-methyl/N-ethyl adjacent to an activating group) is 1. The fourth-order valence-electron chi connectivity index (χ4n) is 1.27. The summed E-state index contributed by atoms with van der Waals surface area (Å²) >= 11 is 0. The molecule has 1 aromatic rings. The lowest BCUT2D eigenvalue weighted by Gasteiger charge is -2.14. The van der Waals surface area contributed by atoms with Crippen LogP contribution in [0, 0.1) is 0 Å². The van der Waals surface area contributed by atoms with E-state index in [1.807, 2.05) is 30.3 Å². The first-order chi connectivity index (χ1) is 7.61. The van der Waals surface area contributed by atoms with E-state index in [4.69, 9.17) is 0 Å². The third kappa shape index (κ3) is 4.00. The standard InChI is InChI=1S/C12H18N2O2/c1-14(2)12(16)9-13-8-11(15)10-6-4-3-5-7-10/h3-7,11,13,15H,8-9H2,1-2H3. The normalized spacial score (nSPS) is 12.2. The van der Waals surface area contributed by atoms with Gasteiger partial charge < -0.3 is 15.3 Å². The molecule has 0 bridgehead atoms. The van der Waals surface area contributed by atoms with Crippen LogP contribution in [-0.4, -0.2) is 43.1 Å². The van der Waals surface area contributed by atoms with E-state index in [0.29, 0.717) is 6.54 Å². The molecule has 0 spiro atoms. The molecule has 16 heavy (non-hydrogen) atoms. The molecule has 0 aliphatic heterocycles. The molecule has 0 aliphatic carbocycles. The van der Waals surface area contributed by atoms with Crippen LogP contribution in [-0.2, 0) is 4.79 Å². The maximum Gasteiger partial charge on any atom is 0.236 e. The molecule has 4 nitrogen and oxygen atoms in total. The first kappa shape index (κ1) is 12.7. The summed E-state index contributed by atoms with van der Waals surface area (Å²) in [5.74, 6) is 0.000242. The molecule has 1 unspecified atom stereocenters. The van der Waals surface area contributed by atoms with Crippen LogP contribution in [0.1, 0.15) is 11.7 Å². The SMILES string of the molecule is CN(C)C(=O)CNCC(O)c1ccccc1. The van der Waals surface area contributed by atoms with Crippen molar-refractivity contribution in [3.63, 3.8) is 0 Å². The predicted molar refractivity (Wildman–Crippen MR) is 63.0 cm³/mol. The van der Waals surface area contributed by atoms with Crippen molar-refractivity contribution < 1.29 is 9.90 Å². The average molecular weight is 222 g/mol. The molecule has 4 heteroatoms. The Balaban J connectivity index is 2.31. The summed E-state index contributed by atoms with van der Waals surface area (Å²) in [7, 11) is 3.41. The number of nitrogens with zero attached hydrogens (tertiary/aromatic N) is 1. The zero-order valence-corrected chi connectivity index (χ0v) is 9.68. The molecule has 0 aliphatic rings. The highest BCUT2D eigenvalue weighted by atomic mass is 16.3. The van der Waals surface area contributed by atoms with E-state index >= 15 is 0 Å². The number of aliphatic hydroxyl groups is 1. The van der Waals surface area contributed by atoms with Crippen LogP contribution in [0.2, 0.25) is 0 Å². The third-order valence-corrected chi connectivity index (χ3v) is 2.30. The van der Waals surface area contributed by atoms with Crippen molar-refractivity contribution in [2.45, 2.75) is 6.10 Å². The van der Waals surface area contributed by atoms with Gasteiger partial charge in [0.25, 0.3) is 0 Å². The largest absolute Gasteiger partial charge is 0.387 e. The van der Waals surface area contributed by atoms with E-state index in [0.717, 1.165) is 5.56 Å². The monoisotopic (exact) mass is 222 g/mol. The topological polar surface area (TPSA) is 52.6 Å². The van der Waals surface area contributed by atoms with Crippen molar-refractivity contribution in [1.82, 2.24) is 10.2 Å². The first-order valence-corrected chi connectivity index (χ1v) is 5.25. The Bertz CT molecular complexity index is 325. The highest BCUT2D eigenvalue weighted by Crippen LogP contribution is 2.10. The van der Waals surface area contributed by atoms with Gasteiger partial charge in [-0.1, -0.05) is 30.3 Å². The molecular formula is C12H18N2O2. The molecule has 0 heterocycles. The molecular weight excluding hydrogens is 204 g/mol. The second kappa shape index (κ2) is 6.25. The van der Waals surface area contributed by atoms with E-state index in [1.165, 1.54) is 4.90 Å².